The summed E-state index contributed by atoms with van der Waals surface area (Å²) in [6.45, 7) is 7.61. The first kappa shape index (κ1) is 24.0. The molecule has 2 radical (unpaired) electrons. The van der Waals surface area contributed by atoms with Gasteiger partial charge in [0, 0.05) is 33.2 Å². The quantitative estimate of drug-likeness (QED) is 0.264. The Hall–Kier alpha value is -3.10. The normalized spacial score (nSPS) is 10.8. The summed E-state index contributed by atoms with van der Waals surface area (Å²) in [6, 6.07) is 18.8. The Morgan fingerprint density at radius 2 is 1.09 bits per heavy atom. The highest BCUT2D eigenvalue weighted by atomic mass is 79.9. The summed E-state index contributed by atoms with van der Waals surface area (Å²) < 4.78 is 13.2. The van der Waals surface area contributed by atoms with Gasteiger partial charge in [0.15, 0.2) is 0 Å². The highest BCUT2D eigenvalue weighted by Gasteiger charge is 2.22. The fraction of sp³-hybridized carbons (Fsp3) is 0.0769. The third kappa shape index (κ3) is 5.03. The minimum Gasteiger partial charge on any atom is -0.410 e. The minimum absolute atomic E-state index is 0.177. The third-order valence-corrected chi connectivity index (χ3v) is 6.07. The largest absolute Gasteiger partial charge is 0.412 e. The number of ether oxygens (including phenoxy) is 2. The first-order valence-electron chi connectivity index (χ1n) is 10.4. The molecule has 4 aromatic carbocycles. The van der Waals surface area contributed by atoms with Crippen LogP contribution < -0.4 is 20.1 Å². The van der Waals surface area contributed by atoms with Crippen LogP contribution in [0.2, 0.25) is 0 Å². The van der Waals surface area contributed by atoms with Crippen LogP contribution in [0.15, 0.2) is 69.6 Å². The molecular weight excluding hydrogens is 564 g/mol. The van der Waals surface area contributed by atoms with Crippen molar-refractivity contribution in [2.24, 2.45) is 0 Å². The van der Waals surface area contributed by atoms with E-state index in [0.717, 1.165) is 30.5 Å². The van der Waals surface area contributed by atoms with Crippen molar-refractivity contribution in [3.8, 4) is 22.6 Å². The number of hydrogen-bond donors (Lipinski definition) is 2. The Morgan fingerprint density at radius 1 is 0.676 bits per heavy atom. The minimum atomic E-state index is -0.632. The van der Waals surface area contributed by atoms with Crippen LogP contribution in [-0.4, -0.2) is 25.3 Å². The lowest BCUT2D eigenvalue weighted by Gasteiger charge is -2.19. The molecule has 0 fully saturated rings. The number of nitrogens with one attached hydrogen (secondary N) is 2. The van der Waals surface area contributed by atoms with E-state index in [1.165, 1.54) is 0 Å². The molecule has 0 spiro atoms. The maximum Gasteiger partial charge on any atom is 0.412 e. The second-order valence-corrected chi connectivity index (χ2v) is 9.07. The van der Waals surface area contributed by atoms with E-state index in [2.05, 4.69) is 56.3 Å². The molecule has 4 aromatic rings. The van der Waals surface area contributed by atoms with Crippen molar-refractivity contribution in [3.63, 3.8) is 0 Å². The highest BCUT2D eigenvalue weighted by molar-refractivity contribution is 9.10. The monoisotopic (exact) mass is 582 g/mol. The fourth-order valence-corrected chi connectivity index (χ4v) is 4.48. The van der Waals surface area contributed by atoms with Gasteiger partial charge < -0.3 is 20.1 Å². The standard InChI is InChI=1S/C26H20Br2N2O4/c1-3-29-25(31)33-21-11-5-15-13-17(27)7-9-19(15)23(21)24-20-10-8-18(28)14-16(20)6-12-22(24)34-26(32)30-4-2/h5-14H,1-4H2,(H,29,31)(H,30,32). The van der Waals surface area contributed by atoms with Crippen molar-refractivity contribution in [2.45, 2.75) is 0 Å². The lowest BCUT2D eigenvalue weighted by atomic mass is 9.92. The van der Waals surface area contributed by atoms with Crippen LogP contribution in [0.5, 0.6) is 11.5 Å². The average Bonchev–Trinajstić information content (AvgIpc) is 2.79. The van der Waals surface area contributed by atoms with Gasteiger partial charge in [-0.2, -0.15) is 0 Å². The van der Waals surface area contributed by atoms with Gasteiger partial charge in [-0.3, -0.25) is 0 Å². The molecule has 2 amide bonds. The summed E-state index contributed by atoms with van der Waals surface area (Å²) in [5, 5.41) is 8.57. The van der Waals surface area contributed by atoms with Crippen molar-refractivity contribution < 1.29 is 19.1 Å². The number of carbonyl (C=O) groups is 2. The Morgan fingerprint density at radius 3 is 1.47 bits per heavy atom. The molecule has 0 aromatic heterocycles. The van der Waals surface area contributed by atoms with Gasteiger partial charge in [-0.05, 0) is 71.8 Å². The van der Waals surface area contributed by atoms with Crippen LogP contribution in [-0.2, 0) is 0 Å². The molecule has 8 heteroatoms. The topological polar surface area (TPSA) is 76.7 Å². The molecule has 0 aliphatic carbocycles. The molecule has 0 heterocycles. The summed E-state index contributed by atoms with van der Waals surface area (Å²) in [4.78, 5) is 24.7. The zero-order valence-electron chi connectivity index (χ0n) is 18.0. The Bertz CT molecular complexity index is 1300. The lowest BCUT2D eigenvalue weighted by Crippen LogP contribution is -2.27. The predicted molar refractivity (Wildman–Crippen MR) is 141 cm³/mol. The molecule has 4 rings (SSSR count). The summed E-state index contributed by atoms with van der Waals surface area (Å²) >= 11 is 7.03. The molecule has 0 saturated heterocycles. The molecule has 0 bridgehead atoms. The van der Waals surface area contributed by atoms with Crippen LogP contribution in [0.3, 0.4) is 0 Å². The van der Waals surface area contributed by atoms with Crippen LogP contribution in [0.25, 0.3) is 32.7 Å². The number of hydrogen-bond acceptors (Lipinski definition) is 4. The molecule has 0 unspecified atom stereocenters. The van der Waals surface area contributed by atoms with E-state index in [-0.39, 0.29) is 13.1 Å². The van der Waals surface area contributed by atoms with E-state index in [0.29, 0.717) is 22.6 Å². The van der Waals surface area contributed by atoms with Crippen molar-refractivity contribution in [1.29, 1.82) is 0 Å². The van der Waals surface area contributed by atoms with E-state index in [9.17, 15) is 9.59 Å². The van der Waals surface area contributed by atoms with Crippen LogP contribution in [0.1, 0.15) is 0 Å². The molecule has 6 nitrogen and oxygen atoms in total. The average molecular weight is 584 g/mol. The van der Waals surface area contributed by atoms with E-state index >= 15 is 0 Å². The number of halogens is 2. The summed E-state index contributed by atoms with van der Waals surface area (Å²) in [5.41, 5.74) is 1.24. The predicted octanol–water partition coefficient (Wildman–Crippen LogP) is 7.03. The summed E-state index contributed by atoms with van der Waals surface area (Å²) in [7, 11) is 0. The second-order valence-electron chi connectivity index (χ2n) is 7.24. The van der Waals surface area contributed by atoms with E-state index in [1.54, 1.807) is 12.1 Å². The van der Waals surface area contributed by atoms with Crippen molar-refractivity contribution in [3.05, 3.63) is 83.5 Å². The number of rotatable bonds is 5. The van der Waals surface area contributed by atoms with Crippen molar-refractivity contribution in [2.75, 3.05) is 13.1 Å². The second kappa shape index (κ2) is 10.4. The molecule has 34 heavy (non-hydrogen) atoms. The molecular formula is C26H20Br2N2O4. The van der Waals surface area contributed by atoms with E-state index < -0.39 is 12.2 Å². The highest BCUT2D eigenvalue weighted by Crippen LogP contribution is 2.46. The Labute approximate surface area is 213 Å². The van der Waals surface area contributed by atoms with Crippen molar-refractivity contribution in [1.82, 2.24) is 10.6 Å². The van der Waals surface area contributed by atoms with Crippen LogP contribution in [0, 0.1) is 13.8 Å². The van der Waals surface area contributed by atoms with E-state index in [1.807, 2.05) is 48.5 Å². The fourth-order valence-electron chi connectivity index (χ4n) is 3.72. The molecule has 0 aliphatic rings. The van der Waals surface area contributed by atoms with Gasteiger partial charge in [0.05, 0.1) is 0 Å². The van der Waals surface area contributed by atoms with Gasteiger partial charge in [-0.15, -0.1) is 0 Å². The van der Waals surface area contributed by atoms with Gasteiger partial charge in [0.1, 0.15) is 11.5 Å². The zero-order valence-corrected chi connectivity index (χ0v) is 21.2. The van der Waals surface area contributed by atoms with Gasteiger partial charge >= 0.3 is 12.2 Å². The smallest absolute Gasteiger partial charge is 0.410 e. The number of fused-ring (bicyclic) bond motifs is 2. The zero-order chi connectivity index (χ0) is 24.2. The Balaban J connectivity index is 2.06. The summed E-state index contributed by atoms with van der Waals surface area (Å²) in [6.07, 6.45) is -1.26. The summed E-state index contributed by atoms with van der Waals surface area (Å²) in [5.74, 6) is 0.636. The van der Waals surface area contributed by atoms with Gasteiger partial charge in [-0.1, -0.05) is 56.1 Å². The number of amides is 2. The molecule has 2 N–H and O–H groups in total. The first-order valence-corrected chi connectivity index (χ1v) is 11.9. The number of carbonyl (C=O) groups excluding carboxylic acids is 2. The lowest BCUT2D eigenvalue weighted by molar-refractivity contribution is 0.200. The Kier molecular flexibility index (Phi) is 7.38. The van der Waals surface area contributed by atoms with Crippen LogP contribution in [0.4, 0.5) is 9.59 Å². The molecule has 0 aliphatic heterocycles. The van der Waals surface area contributed by atoms with Gasteiger partial charge in [0.25, 0.3) is 0 Å². The van der Waals surface area contributed by atoms with Crippen LogP contribution >= 0.6 is 31.9 Å². The maximum atomic E-state index is 12.4. The van der Waals surface area contributed by atoms with Crippen molar-refractivity contribution >= 4 is 65.6 Å². The van der Waals surface area contributed by atoms with Gasteiger partial charge in [-0.25, -0.2) is 9.59 Å². The maximum absolute atomic E-state index is 12.4. The third-order valence-electron chi connectivity index (χ3n) is 5.08. The van der Waals surface area contributed by atoms with Gasteiger partial charge in [0.2, 0.25) is 0 Å². The SMILES string of the molecule is [CH2]CNC(=O)Oc1ccc2cc(Br)ccc2c1-c1c(OC(=O)NC[CH2])ccc2cc(Br)ccc12. The number of benzene rings is 4. The van der Waals surface area contributed by atoms with E-state index in [4.69, 9.17) is 9.47 Å². The molecule has 0 atom stereocenters. The molecule has 0 saturated carbocycles. The first-order chi connectivity index (χ1) is 16.4. The molecule has 172 valence electrons.